The summed E-state index contributed by atoms with van der Waals surface area (Å²) in [7, 11) is 0. The molecule has 0 aliphatic rings. The zero-order valence-electron chi connectivity index (χ0n) is 10.2. The number of hydrogen-bond acceptors (Lipinski definition) is 4. The lowest BCUT2D eigenvalue weighted by Crippen LogP contribution is -2.16. The Morgan fingerprint density at radius 3 is 2.90 bits per heavy atom. The second-order valence-corrected chi connectivity index (χ2v) is 5.39. The van der Waals surface area contributed by atoms with Gasteiger partial charge in [-0.2, -0.15) is 5.10 Å². The normalized spacial score (nSPS) is 11.2. The average molecular weight is 305 g/mol. The molecule has 0 aliphatic heterocycles. The summed E-state index contributed by atoms with van der Waals surface area (Å²) >= 11 is 7.55. The Morgan fingerprint density at radius 1 is 1.30 bits per heavy atom. The molecule has 3 rings (SSSR count). The molecular weight excluding hydrogens is 296 g/mol. The molecule has 20 heavy (non-hydrogen) atoms. The molecule has 0 aliphatic carbocycles. The highest BCUT2D eigenvalue weighted by atomic mass is 35.5. The van der Waals surface area contributed by atoms with Crippen molar-refractivity contribution in [1.82, 2.24) is 5.43 Å². The van der Waals surface area contributed by atoms with Gasteiger partial charge < -0.3 is 4.42 Å². The Bertz CT molecular complexity index is 778. The van der Waals surface area contributed by atoms with E-state index in [1.54, 1.807) is 12.1 Å². The van der Waals surface area contributed by atoms with Crippen molar-refractivity contribution in [2.75, 3.05) is 0 Å². The van der Waals surface area contributed by atoms with Crippen LogP contribution in [-0.4, -0.2) is 12.1 Å². The summed E-state index contributed by atoms with van der Waals surface area (Å²) in [5, 5.41) is 5.16. The maximum atomic E-state index is 12.0. The van der Waals surface area contributed by atoms with Gasteiger partial charge in [-0.25, -0.2) is 5.43 Å². The number of nitrogens with zero attached hydrogens (tertiary/aromatic N) is 1. The van der Waals surface area contributed by atoms with Gasteiger partial charge in [0.15, 0.2) is 0 Å². The first-order chi connectivity index (χ1) is 9.75. The highest BCUT2D eigenvalue weighted by molar-refractivity contribution is 7.21. The molecule has 1 N–H and O–H groups in total. The van der Waals surface area contributed by atoms with E-state index in [0.29, 0.717) is 15.7 Å². The molecule has 0 unspecified atom stereocenters. The van der Waals surface area contributed by atoms with Crippen LogP contribution in [0.4, 0.5) is 0 Å². The van der Waals surface area contributed by atoms with E-state index in [1.165, 1.54) is 23.8 Å². The number of thiophene rings is 1. The fraction of sp³-hybridized carbons (Fsp3) is 0. The number of carbonyl (C=O) groups is 1. The summed E-state index contributed by atoms with van der Waals surface area (Å²) in [5.41, 5.74) is 2.44. The minimum Gasteiger partial charge on any atom is -0.463 e. The smallest absolute Gasteiger partial charge is 0.283 e. The number of benzene rings is 1. The molecule has 0 spiro atoms. The van der Waals surface area contributed by atoms with Gasteiger partial charge in [0.25, 0.3) is 5.91 Å². The van der Waals surface area contributed by atoms with Gasteiger partial charge in [-0.15, -0.1) is 11.3 Å². The third-order valence-electron chi connectivity index (χ3n) is 2.64. The van der Waals surface area contributed by atoms with Crippen molar-refractivity contribution >= 4 is 45.1 Å². The van der Waals surface area contributed by atoms with Gasteiger partial charge in [0.1, 0.15) is 10.6 Å². The van der Waals surface area contributed by atoms with Gasteiger partial charge >= 0.3 is 0 Å². The molecular formula is C14H9ClN2O2S. The molecule has 3 aromatic rings. The van der Waals surface area contributed by atoms with Crippen LogP contribution in [0.5, 0.6) is 0 Å². The highest BCUT2D eigenvalue weighted by Gasteiger charge is 2.16. The quantitative estimate of drug-likeness (QED) is 0.589. The van der Waals surface area contributed by atoms with Crippen molar-refractivity contribution in [2.45, 2.75) is 0 Å². The zero-order chi connectivity index (χ0) is 13.9. The van der Waals surface area contributed by atoms with Crippen LogP contribution in [0.15, 0.2) is 52.2 Å². The van der Waals surface area contributed by atoms with E-state index in [9.17, 15) is 4.79 Å². The predicted molar refractivity (Wildman–Crippen MR) is 80.6 cm³/mol. The van der Waals surface area contributed by atoms with Crippen molar-refractivity contribution in [2.24, 2.45) is 5.10 Å². The van der Waals surface area contributed by atoms with E-state index in [0.717, 1.165) is 10.1 Å². The maximum absolute atomic E-state index is 12.0. The van der Waals surface area contributed by atoms with Crippen molar-refractivity contribution in [3.05, 3.63) is 58.3 Å². The van der Waals surface area contributed by atoms with E-state index in [1.807, 2.05) is 24.3 Å². The average Bonchev–Trinajstić information content (AvgIpc) is 3.08. The molecule has 0 saturated carbocycles. The first kappa shape index (κ1) is 12.9. The van der Waals surface area contributed by atoms with Crippen molar-refractivity contribution in [3.8, 4) is 0 Å². The van der Waals surface area contributed by atoms with Gasteiger partial charge in [0.05, 0.1) is 17.5 Å². The Balaban J connectivity index is 1.80. The lowest BCUT2D eigenvalue weighted by molar-refractivity contribution is 0.0959. The van der Waals surface area contributed by atoms with Crippen molar-refractivity contribution in [1.29, 1.82) is 0 Å². The lowest BCUT2D eigenvalue weighted by Gasteiger charge is -1.96. The van der Waals surface area contributed by atoms with Crippen LogP contribution in [0.2, 0.25) is 5.02 Å². The molecule has 1 amide bonds. The Hall–Kier alpha value is -2.11. The van der Waals surface area contributed by atoms with E-state index in [2.05, 4.69) is 10.5 Å². The molecule has 1 aromatic carbocycles. The topological polar surface area (TPSA) is 54.6 Å². The van der Waals surface area contributed by atoms with Gasteiger partial charge in [-0.1, -0.05) is 29.8 Å². The van der Waals surface area contributed by atoms with Crippen LogP contribution >= 0.6 is 22.9 Å². The Morgan fingerprint density at radius 2 is 2.15 bits per heavy atom. The summed E-state index contributed by atoms with van der Waals surface area (Å²) in [6.07, 6.45) is 2.96. The van der Waals surface area contributed by atoms with Crippen LogP contribution < -0.4 is 5.43 Å². The van der Waals surface area contributed by atoms with Crippen molar-refractivity contribution < 1.29 is 9.21 Å². The molecule has 2 aromatic heterocycles. The summed E-state index contributed by atoms with van der Waals surface area (Å²) in [6, 6.07) is 11.1. The molecule has 0 radical (unpaired) electrons. The van der Waals surface area contributed by atoms with Gasteiger partial charge in [-0.3, -0.25) is 4.79 Å². The predicted octanol–water partition coefficient (Wildman–Crippen LogP) is 3.91. The molecule has 0 saturated heterocycles. The lowest BCUT2D eigenvalue weighted by atomic mass is 10.2. The van der Waals surface area contributed by atoms with Crippen LogP contribution in [-0.2, 0) is 0 Å². The first-order valence-corrected chi connectivity index (χ1v) is 6.99. The minimum atomic E-state index is -0.334. The number of hydrazone groups is 1. The number of amides is 1. The van der Waals surface area contributed by atoms with E-state index >= 15 is 0 Å². The molecule has 0 bridgehead atoms. The second kappa shape index (κ2) is 5.48. The largest absolute Gasteiger partial charge is 0.463 e. The van der Waals surface area contributed by atoms with Crippen LogP contribution in [0.1, 0.15) is 15.4 Å². The number of rotatable bonds is 3. The Labute approximate surface area is 123 Å². The first-order valence-electron chi connectivity index (χ1n) is 5.79. The molecule has 0 atom stereocenters. The fourth-order valence-electron chi connectivity index (χ4n) is 1.73. The highest BCUT2D eigenvalue weighted by Crippen LogP contribution is 2.34. The third kappa shape index (κ3) is 2.45. The summed E-state index contributed by atoms with van der Waals surface area (Å²) in [5.74, 6) is 0.228. The van der Waals surface area contributed by atoms with Crippen molar-refractivity contribution in [3.63, 3.8) is 0 Å². The summed E-state index contributed by atoms with van der Waals surface area (Å²) in [6.45, 7) is 0. The number of fused-ring (bicyclic) bond motifs is 1. The molecule has 6 heteroatoms. The van der Waals surface area contributed by atoms with Gasteiger partial charge in [-0.05, 0) is 18.2 Å². The molecule has 100 valence electrons. The van der Waals surface area contributed by atoms with E-state index < -0.39 is 0 Å². The minimum absolute atomic E-state index is 0.334. The van der Waals surface area contributed by atoms with Gasteiger partial charge in [0.2, 0.25) is 0 Å². The Kier molecular flexibility index (Phi) is 3.54. The number of carbonyl (C=O) groups excluding carboxylic acids is 1. The van der Waals surface area contributed by atoms with E-state index in [4.69, 9.17) is 16.0 Å². The number of furan rings is 1. The fourth-order valence-corrected chi connectivity index (χ4v) is 3.14. The zero-order valence-corrected chi connectivity index (χ0v) is 11.7. The number of hydrogen-bond donors (Lipinski definition) is 1. The van der Waals surface area contributed by atoms with Crippen LogP contribution in [0.25, 0.3) is 10.1 Å². The summed E-state index contributed by atoms with van der Waals surface area (Å²) < 4.78 is 6.04. The molecule has 2 heterocycles. The SMILES string of the molecule is O=C(N/N=C\c1ccco1)c1sc2ccccc2c1Cl. The summed E-state index contributed by atoms with van der Waals surface area (Å²) in [4.78, 5) is 12.5. The monoisotopic (exact) mass is 304 g/mol. The molecule has 4 nitrogen and oxygen atoms in total. The van der Waals surface area contributed by atoms with Crippen LogP contribution in [0.3, 0.4) is 0 Å². The van der Waals surface area contributed by atoms with E-state index in [-0.39, 0.29) is 5.91 Å². The number of halogens is 1. The number of nitrogens with one attached hydrogen (secondary N) is 1. The van der Waals surface area contributed by atoms with Gasteiger partial charge in [0, 0.05) is 10.1 Å². The van der Waals surface area contributed by atoms with Crippen LogP contribution in [0, 0.1) is 0 Å². The third-order valence-corrected chi connectivity index (χ3v) is 4.32. The second-order valence-electron chi connectivity index (χ2n) is 3.96. The maximum Gasteiger partial charge on any atom is 0.283 e. The standard InChI is InChI=1S/C14H9ClN2O2S/c15-12-10-5-1-2-6-11(10)20-13(12)14(18)17-16-8-9-4-3-7-19-9/h1-8H,(H,17,18)/b16-8-. The molecule has 0 fully saturated rings.